The van der Waals surface area contributed by atoms with Gasteiger partial charge in [0.2, 0.25) is 0 Å². The molecule has 2 rings (SSSR count). The van der Waals surface area contributed by atoms with Crippen LogP contribution in [0.15, 0.2) is 6.33 Å². The fraction of sp³-hybridized carbons (Fsp3) is 0.500. The topological polar surface area (TPSA) is 47.8 Å². The molecule has 1 saturated carbocycles. The third-order valence-electron chi connectivity index (χ3n) is 1.65. The molecule has 0 atom stereocenters. The van der Waals surface area contributed by atoms with E-state index >= 15 is 0 Å². The Morgan fingerprint density at radius 3 is 3.10 bits per heavy atom. The van der Waals surface area contributed by atoms with Crippen molar-refractivity contribution in [2.24, 2.45) is 0 Å². The molecule has 4 nitrogen and oxygen atoms in total. The third-order valence-corrected chi connectivity index (χ3v) is 1.65. The Hall–Kier alpha value is -1.19. The Morgan fingerprint density at radius 2 is 2.50 bits per heavy atom. The lowest BCUT2D eigenvalue weighted by Crippen LogP contribution is -1.97. The van der Waals surface area contributed by atoms with Gasteiger partial charge in [-0.3, -0.25) is 4.79 Å². The molecule has 0 saturated heterocycles. The van der Waals surface area contributed by atoms with Crippen molar-refractivity contribution in [3.63, 3.8) is 0 Å². The van der Waals surface area contributed by atoms with Gasteiger partial charge >= 0.3 is 0 Å². The summed E-state index contributed by atoms with van der Waals surface area (Å²) < 4.78 is 1.83. The van der Waals surface area contributed by atoms with Gasteiger partial charge in [0.25, 0.3) is 0 Å². The number of carbonyl (C=O) groups excluding carboxylic acids is 1. The zero-order valence-corrected chi connectivity index (χ0v) is 5.40. The van der Waals surface area contributed by atoms with Gasteiger partial charge in [-0.25, -0.2) is 0 Å². The second-order valence-electron chi connectivity index (χ2n) is 2.45. The van der Waals surface area contributed by atoms with Crippen LogP contribution in [-0.2, 0) is 0 Å². The Bertz CT molecular complexity index is 251. The first-order valence-electron chi connectivity index (χ1n) is 3.26. The highest BCUT2D eigenvalue weighted by Crippen LogP contribution is 2.34. The van der Waals surface area contributed by atoms with Crippen LogP contribution in [0.2, 0.25) is 0 Å². The Kier molecular flexibility index (Phi) is 1.06. The number of aldehydes is 1. The summed E-state index contributed by atoms with van der Waals surface area (Å²) in [6, 6.07) is 0.496. The molecule has 0 amide bonds. The number of aromatic nitrogens is 3. The maximum absolute atomic E-state index is 10.3. The normalized spacial score (nSPS) is 17.2. The zero-order valence-electron chi connectivity index (χ0n) is 5.40. The predicted molar refractivity (Wildman–Crippen MR) is 33.7 cm³/mol. The monoisotopic (exact) mass is 137 g/mol. The van der Waals surface area contributed by atoms with Crippen LogP contribution >= 0.6 is 0 Å². The second kappa shape index (κ2) is 1.90. The van der Waals surface area contributed by atoms with Crippen LogP contribution < -0.4 is 0 Å². The summed E-state index contributed by atoms with van der Waals surface area (Å²) in [6.45, 7) is 0. The van der Waals surface area contributed by atoms with E-state index in [9.17, 15) is 4.79 Å². The summed E-state index contributed by atoms with van der Waals surface area (Å²) in [6.07, 6.45) is 4.66. The summed E-state index contributed by atoms with van der Waals surface area (Å²) in [5, 5.41) is 7.28. The minimum Gasteiger partial charge on any atom is -0.308 e. The average molecular weight is 137 g/mol. The van der Waals surface area contributed by atoms with Crippen LogP contribution in [0, 0.1) is 0 Å². The number of rotatable bonds is 2. The van der Waals surface area contributed by atoms with E-state index in [1.165, 1.54) is 0 Å². The van der Waals surface area contributed by atoms with E-state index < -0.39 is 0 Å². The smallest absolute Gasteiger partial charge is 0.196 e. The Balaban J connectivity index is 2.37. The average Bonchev–Trinajstić information content (AvgIpc) is 2.69. The van der Waals surface area contributed by atoms with Crippen molar-refractivity contribution < 1.29 is 4.79 Å². The molecule has 1 fully saturated rings. The van der Waals surface area contributed by atoms with E-state index in [1.54, 1.807) is 6.33 Å². The van der Waals surface area contributed by atoms with Gasteiger partial charge in [0.05, 0.1) is 0 Å². The van der Waals surface area contributed by atoms with Gasteiger partial charge in [-0.05, 0) is 12.8 Å². The standard InChI is InChI=1S/C6H7N3O/c10-3-6-8-7-4-9(6)5-1-2-5/h3-5H,1-2H2. The zero-order chi connectivity index (χ0) is 6.97. The SMILES string of the molecule is O=Cc1nncn1C1CC1. The number of nitrogens with zero attached hydrogens (tertiary/aromatic N) is 3. The summed E-state index contributed by atoms with van der Waals surface area (Å²) in [5.74, 6) is 0.447. The van der Waals surface area contributed by atoms with Crippen molar-refractivity contribution in [3.8, 4) is 0 Å². The molecule has 1 heterocycles. The molecule has 1 aliphatic rings. The maximum atomic E-state index is 10.3. The third kappa shape index (κ3) is 0.725. The van der Waals surface area contributed by atoms with E-state index in [4.69, 9.17) is 0 Å². The lowest BCUT2D eigenvalue weighted by molar-refractivity contribution is 0.111. The molecule has 0 radical (unpaired) electrons. The summed E-state index contributed by atoms with van der Waals surface area (Å²) in [7, 11) is 0. The van der Waals surface area contributed by atoms with Gasteiger partial charge < -0.3 is 4.57 Å². The first-order valence-corrected chi connectivity index (χ1v) is 3.26. The van der Waals surface area contributed by atoms with Crippen LogP contribution in [0.1, 0.15) is 29.5 Å². The van der Waals surface area contributed by atoms with Gasteiger partial charge in [-0.15, -0.1) is 10.2 Å². The second-order valence-corrected chi connectivity index (χ2v) is 2.45. The highest BCUT2D eigenvalue weighted by atomic mass is 16.1. The van der Waals surface area contributed by atoms with E-state index in [2.05, 4.69) is 10.2 Å². The molecular weight excluding hydrogens is 130 g/mol. The van der Waals surface area contributed by atoms with Crippen molar-refractivity contribution in [3.05, 3.63) is 12.2 Å². The van der Waals surface area contributed by atoms with Crippen molar-refractivity contribution in [1.29, 1.82) is 0 Å². The summed E-state index contributed by atoms with van der Waals surface area (Å²) >= 11 is 0. The predicted octanol–water partition coefficient (Wildman–Crippen LogP) is 0.425. The molecule has 4 heteroatoms. The molecule has 10 heavy (non-hydrogen) atoms. The molecule has 1 aliphatic carbocycles. The maximum Gasteiger partial charge on any atom is 0.196 e. The molecule has 0 aliphatic heterocycles. The van der Waals surface area contributed by atoms with Gasteiger partial charge in [0, 0.05) is 6.04 Å². The number of hydrogen-bond donors (Lipinski definition) is 0. The number of carbonyl (C=O) groups is 1. The van der Waals surface area contributed by atoms with Crippen LogP contribution in [-0.4, -0.2) is 21.1 Å². The first kappa shape index (κ1) is 5.58. The van der Waals surface area contributed by atoms with E-state index in [1.807, 2.05) is 4.57 Å². The van der Waals surface area contributed by atoms with Crippen LogP contribution in [0.5, 0.6) is 0 Å². The molecule has 0 unspecified atom stereocenters. The van der Waals surface area contributed by atoms with E-state index in [-0.39, 0.29) is 0 Å². The van der Waals surface area contributed by atoms with E-state index in [0.29, 0.717) is 11.9 Å². The summed E-state index contributed by atoms with van der Waals surface area (Å²) in [4.78, 5) is 10.3. The van der Waals surface area contributed by atoms with Crippen molar-refractivity contribution in [1.82, 2.24) is 14.8 Å². The quantitative estimate of drug-likeness (QED) is 0.555. The van der Waals surface area contributed by atoms with E-state index in [0.717, 1.165) is 19.1 Å². The van der Waals surface area contributed by atoms with Crippen molar-refractivity contribution in [2.75, 3.05) is 0 Å². The minimum absolute atomic E-state index is 0.447. The molecule has 0 bridgehead atoms. The molecule has 1 aromatic rings. The molecular formula is C6H7N3O. The van der Waals surface area contributed by atoms with Gasteiger partial charge in [0.15, 0.2) is 12.1 Å². The first-order chi connectivity index (χ1) is 4.92. The Labute approximate surface area is 57.9 Å². The molecule has 0 spiro atoms. The van der Waals surface area contributed by atoms with Crippen molar-refractivity contribution in [2.45, 2.75) is 18.9 Å². The highest BCUT2D eigenvalue weighted by Gasteiger charge is 2.25. The molecule has 52 valence electrons. The lowest BCUT2D eigenvalue weighted by atomic mass is 10.6. The lowest BCUT2D eigenvalue weighted by Gasteiger charge is -1.95. The molecule has 0 N–H and O–H groups in total. The molecule has 1 aromatic heterocycles. The van der Waals surface area contributed by atoms with Gasteiger partial charge in [-0.2, -0.15) is 0 Å². The fourth-order valence-corrected chi connectivity index (χ4v) is 0.970. The Morgan fingerprint density at radius 1 is 1.70 bits per heavy atom. The highest BCUT2D eigenvalue weighted by molar-refractivity contribution is 5.68. The summed E-state index contributed by atoms with van der Waals surface area (Å²) in [5.41, 5.74) is 0. The molecule has 0 aromatic carbocycles. The van der Waals surface area contributed by atoms with Crippen LogP contribution in [0.4, 0.5) is 0 Å². The largest absolute Gasteiger partial charge is 0.308 e. The number of hydrogen-bond acceptors (Lipinski definition) is 3. The van der Waals surface area contributed by atoms with Gasteiger partial charge in [0.1, 0.15) is 6.33 Å². The minimum atomic E-state index is 0.447. The fourth-order valence-electron chi connectivity index (χ4n) is 0.970. The van der Waals surface area contributed by atoms with Gasteiger partial charge in [-0.1, -0.05) is 0 Å². The van der Waals surface area contributed by atoms with Crippen LogP contribution in [0.25, 0.3) is 0 Å². The van der Waals surface area contributed by atoms with Crippen LogP contribution in [0.3, 0.4) is 0 Å². The van der Waals surface area contributed by atoms with Crippen molar-refractivity contribution >= 4 is 6.29 Å².